The van der Waals surface area contributed by atoms with Gasteiger partial charge in [0.15, 0.2) is 0 Å². The first kappa shape index (κ1) is 46.2. The van der Waals surface area contributed by atoms with Crippen LogP contribution in [0.15, 0.2) is 36.5 Å². The molecule has 0 aliphatic carbocycles. The SMILES string of the molecule is CC/C=C\C/C=C\C/C=C\CCCCCCCCOCC(COP(=O)(O)OCC(N)C(=O)O)OC(=O)CCCCCCCCCCCC. The topological polar surface area (TPSA) is 155 Å². The zero-order chi connectivity index (χ0) is 35.6. The lowest BCUT2D eigenvalue weighted by Crippen LogP contribution is -2.34. The molecule has 0 radical (unpaired) electrons. The number of ether oxygens (including phenoxy) is 2. The van der Waals surface area contributed by atoms with Crippen molar-refractivity contribution in [3.05, 3.63) is 36.5 Å². The number of phosphoric ester groups is 1. The standard InChI is InChI=1S/C37H68NO9P/c1-3-5-7-9-11-13-15-16-17-18-19-20-22-24-26-28-30-44-31-34(32-45-48(42,43)46-33-35(38)37(40)41)47-36(39)29-27-25-23-21-14-12-10-8-6-4-2/h5,7,11,13,16-17,34-35H,3-4,6,8-10,12,14-15,18-33,38H2,1-2H3,(H,40,41)(H,42,43)/b7-5-,13-11-,17-16-. The smallest absolute Gasteiger partial charge is 0.472 e. The molecule has 48 heavy (non-hydrogen) atoms. The Labute approximate surface area is 291 Å². The number of esters is 1. The van der Waals surface area contributed by atoms with Crippen LogP contribution in [-0.4, -0.2) is 60.5 Å². The normalized spacial score (nSPS) is 14.6. The summed E-state index contributed by atoms with van der Waals surface area (Å²) in [5.41, 5.74) is 5.33. The fourth-order valence-electron chi connectivity index (χ4n) is 4.79. The van der Waals surface area contributed by atoms with E-state index in [1.165, 1.54) is 57.8 Å². The summed E-state index contributed by atoms with van der Waals surface area (Å²) in [5, 5.41) is 8.85. The molecular weight excluding hydrogens is 633 g/mol. The summed E-state index contributed by atoms with van der Waals surface area (Å²) in [4.78, 5) is 33.3. The van der Waals surface area contributed by atoms with Crippen LogP contribution in [0.4, 0.5) is 0 Å². The van der Waals surface area contributed by atoms with Crippen molar-refractivity contribution in [3.8, 4) is 0 Å². The van der Waals surface area contributed by atoms with E-state index in [0.29, 0.717) is 13.0 Å². The number of unbranched alkanes of at least 4 members (excludes halogenated alkanes) is 15. The van der Waals surface area contributed by atoms with E-state index in [1.54, 1.807) is 0 Å². The van der Waals surface area contributed by atoms with Gasteiger partial charge in [-0.1, -0.05) is 134 Å². The summed E-state index contributed by atoms with van der Waals surface area (Å²) < 4.78 is 33.1. The van der Waals surface area contributed by atoms with Crippen molar-refractivity contribution in [2.75, 3.05) is 26.4 Å². The summed E-state index contributed by atoms with van der Waals surface area (Å²) in [6.07, 6.45) is 34.9. The Kier molecular flexibility index (Phi) is 32.4. The van der Waals surface area contributed by atoms with E-state index in [2.05, 4.69) is 54.8 Å². The van der Waals surface area contributed by atoms with Gasteiger partial charge in [-0.3, -0.25) is 18.6 Å². The van der Waals surface area contributed by atoms with Crippen LogP contribution in [0, 0.1) is 0 Å². The lowest BCUT2D eigenvalue weighted by molar-refractivity contribution is -0.154. The van der Waals surface area contributed by atoms with E-state index in [-0.39, 0.29) is 13.0 Å². The molecule has 0 saturated carbocycles. The minimum absolute atomic E-state index is 0.00930. The molecule has 0 fully saturated rings. The van der Waals surface area contributed by atoms with Crippen LogP contribution >= 0.6 is 7.82 Å². The van der Waals surface area contributed by atoms with Gasteiger partial charge in [0, 0.05) is 13.0 Å². The zero-order valence-corrected chi connectivity index (χ0v) is 31.0. The van der Waals surface area contributed by atoms with Crippen LogP contribution in [0.25, 0.3) is 0 Å². The predicted octanol–water partition coefficient (Wildman–Crippen LogP) is 9.36. The number of carboxylic acids is 1. The second kappa shape index (κ2) is 33.7. The maximum Gasteiger partial charge on any atom is 0.472 e. The van der Waals surface area contributed by atoms with E-state index >= 15 is 0 Å². The number of carbonyl (C=O) groups excluding carboxylic acids is 1. The molecule has 0 aromatic heterocycles. The van der Waals surface area contributed by atoms with Gasteiger partial charge >= 0.3 is 19.8 Å². The first-order chi connectivity index (χ1) is 23.2. The number of nitrogens with two attached hydrogens (primary N) is 1. The number of carbonyl (C=O) groups is 2. The lowest BCUT2D eigenvalue weighted by Gasteiger charge is -2.20. The Morgan fingerprint density at radius 2 is 1.21 bits per heavy atom. The predicted molar refractivity (Wildman–Crippen MR) is 194 cm³/mol. The molecule has 0 aliphatic heterocycles. The van der Waals surface area contributed by atoms with Gasteiger partial charge in [0.2, 0.25) is 0 Å². The van der Waals surface area contributed by atoms with Crippen LogP contribution in [-0.2, 0) is 32.7 Å². The zero-order valence-electron chi connectivity index (χ0n) is 30.1. The molecule has 0 aromatic carbocycles. The molecule has 0 saturated heterocycles. The number of hydrogen-bond donors (Lipinski definition) is 3. The largest absolute Gasteiger partial charge is 0.480 e. The van der Waals surface area contributed by atoms with Gasteiger partial charge in [-0.25, -0.2) is 4.57 Å². The number of allylic oxidation sites excluding steroid dienone is 6. The van der Waals surface area contributed by atoms with E-state index in [4.69, 9.17) is 24.8 Å². The summed E-state index contributed by atoms with van der Waals surface area (Å²) in [6.45, 7) is 3.70. The molecular formula is C37H68NO9P. The van der Waals surface area contributed by atoms with E-state index in [1.807, 2.05) is 0 Å². The second-order valence-corrected chi connectivity index (χ2v) is 13.8. The van der Waals surface area contributed by atoms with Gasteiger partial charge in [0.1, 0.15) is 12.1 Å². The molecule has 3 unspecified atom stereocenters. The Hall–Kier alpha value is -1.81. The summed E-state index contributed by atoms with van der Waals surface area (Å²) in [7, 11) is -4.61. The maximum absolute atomic E-state index is 12.5. The third kappa shape index (κ3) is 32.7. The highest BCUT2D eigenvalue weighted by Crippen LogP contribution is 2.43. The molecule has 4 N–H and O–H groups in total. The highest BCUT2D eigenvalue weighted by Gasteiger charge is 2.27. The molecule has 0 bridgehead atoms. The fraction of sp³-hybridized carbons (Fsp3) is 0.784. The lowest BCUT2D eigenvalue weighted by atomic mass is 10.1. The maximum atomic E-state index is 12.5. The average Bonchev–Trinajstić information content (AvgIpc) is 3.06. The second-order valence-electron chi connectivity index (χ2n) is 12.3. The summed E-state index contributed by atoms with van der Waals surface area (Å²) in [6, 6.07) is -1.47. The Balaban J connectivity index is 4.31. The molecule has 11 heteroatoms. The van der Waals surface area contributed by atoms with Crippen LogP contribution in [0.1, 0.15) is 149 Å². The molecule has 0 rings (SSSR count). The van der Waals surface area contributed by atoms with Gasteiger partial charge in [0.05, 0.1) is 19.8 Å². The van der Waals surface area contributed by atoms with Crippen molar-refractivity contribution in [1.29, 1.82) is 0 Å². The Morgan fingerprint density at radius 1 is 0.688 bits per heavy atom. The minimum atomic E-state index is -4.61. The van der Waals surface area contributed by atoms with E-state index < -0.39 is 45.1 Å². The highest BCUT2D eigenvalue weighted by atomic mass is 31.2. The van der Waals surface area contributed by atoms with E-state index in [0.717, 1.165) is 64.2 Å². The average molecular weight is 702 g/mol. The van der Waals surface area contributed by atoms with Gasteiger partial charge in [-0.05, 0) is 44.9 Å². The third-order valence-corrected chi connectivity index (χ3v) is 8.63. The molecule has 0 heterocycles. The molecule has 0 aliphatic rings. The van der Waals surface area contributed by atoms with Crippen LogP contribution < -0.4 is 5.73 Å². The van der Waals surface area contributed by atoms with Crippen molar-refractivity contribution < 1.29 is 42.7 Å². The summed E-state index contributed by atoms with van der Waals surface area (Å²) in [5.74, 6) is -1.79. The van der Waals surface area contributed by atoms with Gasteiger partial charge in [-0.15, -0.1) is 0 Å². The Bertz CT molecular complexity index is 909. The quantitative estimate of drug-likeness (QED) is 0.0252. The number of carboxylic acid groups (broad SMARTS) is 1. The van der Waals surface area contributed by atoms with Crippen LogP contribution in [0.2, 0.25) is 0 Å². The summed E-state index contributed by atoms with van der Waals surface area (Å²) >= 11 is 0. The van der Waals surface area contributed by atoms with Crippen molar-refractivity contribution in [2.45, 2.75) is 161 Å². The van der Waals surface area contributed by atoms with Crippen molar-refractivity contribution in [3.63, 3.8) is 0 Å². The molecule has 0 spiro atoms. The number of rotatable bonds is 35. The van der Waals surface area contributed by atoms with Gasteiger partial charge < -0.3 is 25.2 Å². The van der Waals surface area contributed by atoms with Crippen molar-refractivity contribution in [2.24, 2.45) is 5.73 Å². The molecule has 10 nitrogen and oxygen atoms in total. The number of phosphoric acid groups is 1. The first-order valence-electron chi connectivity index (χ1n) is 18.5. The van der Waals surface area contributed by atoms with Gasteiger partial charge in [-0.2, -0.15) is 0 Å². The number of hydrogen-bond acceptors (Lipinski definition) is 8. The number of aliphatic carboxylic acids is 1. The van der Waals surface area contributed by atoms with Crippen LogP contribution in [0.3, 0.4) is 0 Å². The van der Waals surface area contributed by atoms with Crippen LogP contribution in [0.5, 0.6) is 0 Å². The molecule has 280 valence electrons. The molecule has 3 atom stereocenters. The van der Waals surface area contributed by atoms with Crippen molar-refractivity contribution >= 4 is 19.8 Å². The van der Waals surface area contributed by atoms with Crippen molar-refractivity contribution in [1.82, 2.24) is 0 Å². The van der Waals surface area contributed by atoms with Gasteiger partial charge in [0.25, 0.3) is 0 Å². The van der Waals surface area contributed by atoms with E-state index in [9.17, 15) is 19.0 Å². The fourth-order valence-corrected chi connectivity index (χ4v) is 5.57. The highest BCUT2D eigenvalue weighted by molar-refractivity contribution is 7.47. The minimum Gasteiger partial charge on any atom is -0.480 e. The monoisotopic (exact) mass is 701 g/mol. The third-order valence-electron chi connectivity index (χ3n) is 7.68. The molecule has 0 aromatic rings. The molecule has 0 amide bonds. The Morgan fingerprint density at radius 3 is 1.81 bits per heavy atom. The first-order valence-corrected chi connectivity index (χ1v) is 20.0.